The van der Waals surface area contributed by atoms with Crippen molar-refractivity contribution in [3.63, 3.8) is 0 Å². The summed E-state index contributed by atoms with van der Waals surface area (Å²) in [6.45, 7) is 4.39. The van der Waals surface area contributed by atoms with Crippen molar-refractivity contribution in [2.75, 3.05) is 23.4 Å². The van der Waals surface area contributed by atoms with E-state index in [-0.39, 0.29) is 11.9 Å². The van der Waals surface area contributed by atoms with Gasteiger partial charge in [0.2, 0.25) is 5.91 Å². The molecule has 1 aromatic rings. The molecule has 1 fully saturated rings. The fourth-order valence-corrected chi connectivity index (χ4v) is 4.28. The lowest BCUT2D eigenvalue weighted by Crippen LogP contribution is -2.32. The van der Waals surface area contributed by atoms with Crippen molar-refractivity contribution >= 4 is 21.4 Å². The average molecular weight is 324 g/mol. The van der Waals surface area contributed by atoms with Gasteiger partial charge in [0, 0.05) is 18.7 Å². The predicted molar refractivity (Wildman–Crippen MR) is 88.5 cm³/mol. The summed E-state index contributed by atoms with van der Waals surface area (Å²) in [5.41, 5.74) is 1.90. The normalized spacial score (nSPS) is 19.5. The van der Waals surface area contributed by atoms with E-state index in [4.69, 9.17) is 0 Å². The van der Waals surface area contributed by atoms with Gasteiger partial charge in [0.05, 0.1) is 11.5 Å². The van der Waals surface area contributed by atoms with Gasteiger partial charge in [-0.15, -0.1) is 0 Å². The van der Waals surface area contributed by atoms with Gasteiger partial charge in [-0.1, -0.05) is 12.1 Å². The van der Waals surface area contributed by atoms with Crippen LogP contribution in [0.1, 0.15) is 38.3 Å². The molecule has 2 rings (SSSR count). The Morgan fingerprint density at radius 2 is 2.00 bits per heavy atom. The molecule has 2 N–H and O–H groups in total. The molecule has 1 saturated heterocycles. The van der Waals surface area contributed by atoms with Gasteiger partial charge in [0.15, 0.2) is 0 Å². The topological polar surface area (TPSA) is 75.3 Å². The van der Waals surface area contributed by atoms with Gasteiger partial charge in [-0.3, -0.25) is 4.79 Å². The van der Waals surface area contributed by atoms with Crippen LogP contribution in [0.4, 0.5) is 5.69 Å². The Morgan fingerprint density at radius 3 is 2.64 bits per heavy atom. The molecule has 1 aliphatic heterocycles. The van der Waals surface area contributed by atoms with E-state index in [1.807, 2.05) is 24.3 Å². The molecule has 0 unspecified atom stereocenters. The predicted octanol–water partition coefficient (Wildman–Crippen LogP) is 2.12. The third-order valence-electron chi connectivity index (χ3n) is 4.09. The Bertz CT molecular complexity index is 614. The molecule has 0 bridgehead atoms. The second kappa shape index (κ2) is 7.24. The molecule has 0 spiro atoms. The molecule has 6 heteroatoms. The van der Waals surface area contributed by atoms with Crippen molar-refractivity contribution in [2.45, 2.75) is 32.7 Å². The van der Waals surface area contributed by atoms with Crippen LogP contribution in [0.5, 0.6) is 0 Å². The quantitative estimate of drug-likeness (QED) is 0.870. The zero-order chi connectivity index (χ0) is 16.2. The van der Waals surface area contributed by atoms with Crippen molar-refractivity contribution in [1.82, 2.24) is 5.32 Å². The van der Waals surface area contributed by atoms with E-state index in [9.17, 15) is 13.2 Å². The number of carbonyl (C=O) groups excluding carboxylic acids is 1. The van der Waals surface area contributed by atoms with Crippen LogP contribution in [0.3, 0.4) is 0 Å². The highest BCUT2D eigenvalue weighted by Gasteiger charge is 2.23. The van der Waals surface area contributed by atoms with Crippen LogP contribution < -0.4 is 10.6 Å². The van der Waals surface area contributed by atoms with Crippen LogP contribution in [0.25, 0.3) is 0 Å². The molecule has 1 atom stereocenters. The molecule has 1 heterocycles. The average Bonchev–Trinajstić information content (AvgIpc) is 2.45. The minimum absolute atomic E-state index is 0.0822. The number of anilines is 1. The lowest BCUT2D eigenvalue weighted by molar-refractivity contribution is -0.114. The Hall–Kier alpha value is -1.40. The summed E-state index contributed by atoms with van der Waals surface area (Å²) in [7, 11) is -2.79. The second-order valence-electron chi connectivity index (χ2n) is 6.03. The van der Waals surface area contributed by atoms with E-state index in [1.165, 1.54) is 6.92 Å². The molecular formula is C16H24N2O3S. The largest absolute Gasteiger partial charge is 0.326 e. The van der Waals surface area contributed by atoms with Crippen molar-refractivity contribution < 1.29 is 13.2 Å². The first-order chi connectivity index (χ1) is 10.4. The van der Waals surface area contributed by atoms with E-state index in [2.05, 4.69) is 17.6 Å². The molecular weight excluding hydrogens is 300 g/mol. The molecule has 0 aliphatic carbocycles. The monoisotopic (exact) mass is 324 g/mol. The van der Waals surface area contributed by atoms with Gasteiger partial charge in [-0.25, -0.2) is 8.42 Å². The van der Waals surface area contributed by atoms with E-state index >= 15 is 0 Å². The zero-order valence-electron chi connectivity index (χ0n) is 13.1. The summed E-state index contributed by atoms with van der Waals surface area (Å²) >= 11 is 0. The molecule has 1 amide bonds. The molecule has 0 aromatic heterocycles. The molecule has 22 heavy (non-hydrogen) atoms. The maximum atomic E-state index is 11.4. The van der Waals surface area contributed by atoms with Crippen LogP contribution in [-0.2, 0) is 14.6 Å². The molecule has 0 saturated carbocycles. The van der Waals surface area contributed by atoms with E-state index < -0.39 is 9.84 Å². The minimum atomic E-state index is -2.79. The molecule has 1 aromatic carbocycles. The highest BCUT2D eigenvalue weighted by atomic mass is 32.2. The SMILES string of the molecule is CC(=O)Nc1cccc([C@H](C)NCC2CCS(=O)(=O)CC2)c1. The summed E-state index contributed by atoms with van der Waals surface area (Å²) in [6.07, 6.45) is 1.49. The number of hydrogen-bond acceptors (Lipinski definition) is 4. The highest BCUT2D eigenvalue weighted by molar-refractivity contribution is 7.91. The second-order valence-corrected chi connectivity index (χ2v) is 8.34. The first-order valence-electron chi connectivity index (χ1n) is 7.67. The maximum Gasteiger partial charge on any atom is 0.221 e. The number of hydrogen-bond donors (Lipinski definition) is 2. The van der Waals surface area contributed by atoms with Crippen LogP contribution in [0.15, 0.2) is 24.3 Å². The third-order valence-corrected chi connectivity index (χ3v) is 5.81. The Kier molecular flexibility index (Phi) is 5.58. The number of benzene rings is 1. The van der Waals surface area contributed by atoms with Gasteiger partial charge in [0.1, 0.15) is 9.84 Å². The minimum Gasteiger partial charge on any atom is -0.326 e. The smallest absolute Gasteiger partial charge is 0.221 e. The number of sulfone groups is 1. The maximum absolute atomic E-state index is 11.4. The van der Waals surface area contributed by atoms with Crippen LogP contribution in [0, 0.1) is 5.92 Å². The van der Waals surface area contributed by atoms with Gasteiger partial charge in [-0.2, -0.15) is 0 Å². The summed E-state index contributed by atoms with van der Waals surface area (Å²) in [5.74, 6) is 0.961. The standard InChI is InChI=1S/C16H24N2O3S/c1-12(15-4-3-5-16(10-15)18-13(2)19)17-11-14-6-8-22(20,21)9-7-14/h3-5,10,12,14,17H,6-9,11H2,1-2H3,(H,18,19)/t12-/m0/s1. The van der Waals surface area contributed by atoms with Crippen LogP contribution in [0.2, 0.25) is 0 Å². The van der Waals surface area contributed by atoms with Crippen molar-refractivity contribution in [2.24, 2.45) is 5.92 Å². The van der Waals surface area contributed by atoms with Gasteiger partial charge in [-0.05, 0) is 49.9 Å². The first kappa shape index (κ1) is 17.0. The van der Waals surface area contributed by atoms with Gasteiger partial charge in [0.25, 0.3) is 0 Å². The highest BCUT2D eigenvalue weighted by Crippen LogP contribution is 2.21. The summed E-state index contributed by atoms with van der Waals surface area (Å²) in [6, 6.07) is 7.93. The van der Waals surface area contributed by atoms with Gasteiger partial charge < -0.3 is 10.6 Å². The Balaban J connectivity index is 1.87. The fraction of sp³-hybridized carbons (Fsp3) is 0.562. The number of carbonyl (C=O) groups is 1. The third kappa shape index (κ3) is 5.10. The number of amides is 1. The van der Waals surface area contributed by atoms with E-state index in [1.54, 1.807) is 0 Å². The summed E-state index contributed by atoms with van der Waals surface area (Å²) in [4.78, 5) is 11.1. The van der Waals surface area contributed by atoms with Crippen molar-refractivity contribution in [3.8, 4) is 0 Å². The molecule has 0 radical (unpaired) electrons. The zero-order valence-corrected chi connectivity index (χ0v) is 13.9. The van der Waals surface area contributed by atoms with Crippen molar-refractivity contribution in [3.05, 3.63) is 29.8 Å². The summed E-state index contributed by atoms with van der Waals surface area (Å²) in [5, 5.41) is 6.25. The van der Waals surface area contributed by atoms with Gasteiger partial charge >= 0.3 is 0 Å². The summed E-state index contributed by atoms with van der Waals surface area (Å²) < 4.78 is 22.9. The van der Waals surface area contributed by atoms with Crippen LogP contribution in [-0.4, -0.2) is 32.4 Å². The Morgan fingerprint density at radius 1 is 1.32 bits per heavy atom. The first-order valence-corrected chi connectivity index (χ1v) is 9.49. The van der Waals surface area contributed by atoms with Crippen LogP contribution >= 0.6 is 0 Å². The van der Waals surface area contributed by atoms with E-state index in [0.29, 0.717) is 17.4 Å². The Labute approximate surface area is 132 Å². The van der Waals surface area contributed by atoms with Crippen molar-refractivity contribution in [1.29, 1.82) is 0 Å². The molecule has 122 valence electrons. The van der Waals surface area contributed by atoms with E-state index in [0.717, 1.165) is 30.6 Å². The fourth-order valence-electron chi connectivity index (χ4n) is 2.69. The molecule has 1 aliphatic rings. The lowest BCUT2D eigenvalue weighted by Gasteiger charge is -2.24. The molecule has 5 nitrogen and oxygen atoms in total. The lowest BCUT2D eigenvalue weighted by atomic mass is 10.0. The number of rotatable bonds is 5. The number of nitrogens with one attached hydrogen (secondary N) is 2.